The van der Waals surface area contributed by atoms with Gasteiger partial charge in [0.1, 0.15) is 4.83 Å². The van der Waals surface area contributed by atoms with Crippen molar-refractivity contribution in [3.05, 3.63) is 29.3 Å². The van der Waals surface area contributed by atoms with Gasteiger partial charge in [-0.05, 0) is 25.1 Å². The molecule has 5 heteroatoms. The van der Waals surface area contributed by atoms with Crippen LogP contribution in [0.2, 0.25) is 0 Å². The molecule has 0 bridgehead atoms. The molecule has 0 amide bonds. The number of nitrogens with zero attached hydrogens (tertiary/aromatic N) is 1. The summed E-state index contributed by atoms with van der Waals surface area (Å²) < 4.78 is 0. The highest BCUT2D eigenvalue weighted by Crippen LogP contribution is 2.32. The number of hydrogen-bond donors (Lipinski definition) is 1. The van der Waals surface area contributed by atoms with Crippen molar-refractivity contribution in [1.29, 1.82) is 0 Å². The van der Waals surface area contributed by atoms with Crippen molar-refractivity contribution in [3.8, 4) is 0 Å². The maximum Gasteiger partial charge on any atom is 0.123 e. The van der Waals surface area contributed by atoms with Crippen LogP contribution < -0.4 is 5.32 Å². The molecule has 2 nitrogen and oxygen atoms in total. The van der Waals surface area contributed by atoms with E-state index in [0.717, 1.165) is 13.1 Å². The van der Waals surface area contributed by atoms with Crippen molar-refractivity contribution in [1.82, 2.24) is 10.3 Å². The molecule has 2 aromatic heterocycles. The Labute approximate surface area is 111 Å². The molecule has 1 atom stereocenters. The van der Waals surface area contributed by atoms with Gasteiger partial charge in [0.05, 0.1) is 0 Å². The lowest BCUT2D eigenvalue weighted by Gasteiger charge is -2.02. The molecule has 0 saturated carbocycles. The molecule has 1 aliphatic heterocycles. The number of pyridine rings is 1. The van der Waals surface area contributed by atoms with Crippen LogP contribution in [0.4, 0.5) is 0 Å². The third-order valence-corrected chi connectivity index (χ3v) is 4.00. The maximum absolute atomic E-state index is 4.37. The fourth-order valence-corrected chi connectivity index (χ4v) is 3.13. The van der Waals surface area contributed by atoms with Gasteiger partial charge in [0, 0.05) is 28.9 Å². The van der Waals surface area contributed by atoms with E-state index in [-0.39, 0.29) is 24.8 Å². The minimum Gasteiger partial charge on any atom is -0.316 e. The van der Waals surface area contributed by atoms with Gasteiger partial charge in [0.2, 0.25) is 0 Å². The molecule has 1 fully saturated rings. The summed E-state index contributed by atoms with van der Waals surface area (Å²) in [6.07, 6.45) is 3.14. The molecule has 1 unspecified atom stereocenters. The summed E-state index contributed by atoms with van der Waals surface area (Å²) in [6, 6.07) is 6.45. The van der Waals surface area contributed by atoms with Crippen LogP contribution >= 0.6 is 36.2 Å². The first kappa shape index (κ1) is 13.7. The molecule has 88 valence electrons. The average Bonchev–Trinajstić information content (AvgIpc) is 2.86. The SMILES string of the molecule is Cl.Cl.c1cnc2sc(C3CCNC3)cc2c1. The Morgan fingerprint density at radius 3 is 2.94 bits per heavy atom. The molecule has 3 rings (SSSR count). The Balaban J connectivity index is 0.000000640. The molecule has 1 aliphatic rings. The lowest BCUT2D eigenvalue weighted by atomic mass is 10.1. The number of thiophene rings is 1. The summed E-state index contributed by atoms with van der Waals surface area (Å²) >= 11 is 1.84. The fourth-order valence-electron chi connectivity index (χ4n) is 1.99. The van der Waals surface area contributed by atoms with Gasteiger partial charge in [-0.2, -0.15) is 0 Å². The van der Waals surface area contributed by atoms with Crippen molar-refractivity contribution in [2.75, 3.05) is 13.1 Å². The van der Waals surface area contributed by atoms with Crippen LogP contribution in [0.25, 0.3) is 10.2 Å². The zero-order chi connectivity index (χ0) is 9.38. The molecule has 1 N–H and O–H groups in total. The second-order valence-corrected chi connectivity index (χ2v) is 4.80. The standard InChI is InChI=1S/C11H12N2S.2ClH/c1-2-8-6-10(9-3-5-12-7-9)14-11(8)13-4-1;;/h1-2,4,6,9,12H,3,5,7H2;2*1H. The van der Waals surface area contributed by atoms with Gasteiger partial charge >= 0.3 is 0 Å². The van der Waals surface area contributed by atoms with E-state index in [1.807, 2.05) is 23.6 Å². The monoisotopic (exact) mass is 276 g/mol. The summed E-state index contributed by atoms with van der Waals surface area (Å²) in [5, 5.41) is 4.69. The first-order valence-corrected chi connectivity index (χ1v) is 5.80. The first-order valence-electron chi connectivity index (χ1n) is 4.99. The quantitative estimate of drug-likeness (QED) is 0.865. The fraction of sp³-hybridized carbons (Fsp3) is 0.364. The minimum atomic E-state index is 0. The zero-order valence-corrected chi connectivity index (χ0v) is 11.1. The summed E-state index contributed by atoms with van der Waals surface area (Å²) in [4.78, 5) is 7.04. The highest BCUT2D eigenvalue weighted by Gasteiger charge is 2.18. The molecule has 16 heavy (non-hydrogen) atoms. The van der Waals surface area contributed by atoms with E-state index in [0.29, 0.717) is 5.92 Å². The highest BCUT2D eigenvalue weighted by molar-refractivity contribution is 7.18. The molecule has 0 spiro atoms. The van der Waals surface area contributed by atoms with Crippen LogP contribution in [-0.4, -0.2) is 18.1 Å². The molecule has 2 aromatic rings. The molecule has 0 aromatic carbocycles. The van der Waals surface area contributed by atoms with E-state index < -0.39 is 0 Å². The van der Waals surface area contributed by atoms with Crippen molar-refractivity contribution in [3.63, 3.8) is 0 Å². The number of rotatable bonds is 1. The van der Waals surface area contributed by atoms with E-state index in [9.17, 15) is 0 Å². The first-order chi connectivity index (χ1) is 6.93. The van der Waals surface area contributed by atoms with Crippen LogP contribution in [0.5, 0.6) is 0 Å². The number of hydrogen-bond acceptors (Lipinski definition) is 3. The van der Waals surface area contributed by atoms with E-state index in [2.05, 4.69) is 22.4 Å². The maximum atomic E-state index is 4.37. The van der Waals surface area contributed by atoms with Crippen molar-refractivity contribution < 1.29 is 0 Å². The number of halogens is 2. The average molecular weight is 277 g/mol. The molecular formula is C11H14Cl2N2S. The van der Waals surface area contributed by atoms with Crippen molar-refractivity contribution >= 4 is 46.4 Å². The molecule has 3 heterocycles. The Hall–Kier alpha value is -0.350. The van der Waals surface area contributed by atoms with E-state index in [4.69, 9.17) is 0 Å². The lowest BCUT2D eigenvalue weighted by Crippen LogP contribution is -2.07. The number of aromatic nitrogens is 1. The second-order valence-electron chi connectivity index (χ2n) is 3.74. The summed E-state index contributed by atoms with van der Waals surface area (Å²) in [7, 11) is 0. The summed E-state index contributed by atoms with van der Waals surface area (Å²) in [5.74, 6) is 0.717. The predicted octanol–water partition coefficient (Wildman–Crippen LogP) is 3.22. The molecule has 1 saturated heterocycles. The Bertz CT molecular complexity index is 419. The van der Waals surface area contributed by atoms with Gasteiger partial charge in [-0.3, -0.25) is 0 Å². The predicted molar refractivity (Wildman–Crippen MR) is 74.3 cm³/mol. The van der Waals surface area contributed by atoms with Crippen LogP contribution in [-0.2, 0) is 0 Å². The summed E-state index contributed by atoms with van der Waals surface area (Å²) in [6.45, 7) is 2.29. The van der Waals surface area contributed by atoms with Gasteiger partial charge in [-0.25, -0.2) is 4.98 Å². The highest BCUT2D eigenvalue weighted by atomic mass is 35.5. The Morgan fingerprint density at radius 1 is 1.38 bits per heavy atom. The van der Waals surface area contributed by atoms with Gasteiger partial charge in [-0.1, -0.05) is 6.07 Å². The van der Waals surface area contributed by atoms with Crippen molar-refractivity contribution in [2.24, 2.45) is 0 Å². The van der Waals surface area contributed by atoms with Crippen LogP contribution in [0.3, 0.4) is 0 Å². The Morgan fingerprint density at radius 2 is 2.25 bits per heavy atom. The lowest BCUT2D eigenvalue weighted by molar-refractivity contribution is 0.779. The largest absolute Gasteiger partial charge is 0.316 e. The summed E-state index contributed by atoms with van der Waals surface area (Å²) in [5.41, 5.74) is 0. The minimum absolute atomic E-state index is 0. The topological polar surface area (TPSA) is 24.9 Å². The Kier molecular flexibility index (Phi) is 4.99. The molecule has 0 aliphatic carbocycles. The van der Waals surface area contributed by atoms with Crippen molar-refractivity contribution in [2.45, 2.75) is 12.3 Å². The third-order valence-electron chi connectivity index (χ3n) is 2.78. The van der Waals surface area contributed by atoms with Gasteiger partial charge < -0.3 is 5.32 Å². The van der Waals surface area contributed by atoms with Gasteiger partial charge in [0.15, 0.2) is 0 Å². The number of fused-ring (bicyclic) bond motifs is 1. The third kappa shape index (κ3) is 2.48. The van der Waals surface area contributed by atoms with Crippen LogP contribution in [0, 0.1) is 0 Å². The van der Waals surface area contributed by atoms with E-state index in [1.54, 1.807) is 0 Å². The molecule has 0 radical (unpaired) electrons. The van der Waals surface area contributed by atoms with Gasteiger partial charge in [0.25, 0.3) is 0 Å². The second kappa shape index (κ2) is 5.82. The molecular weight excluding hydrogens is 263 g/mol. The smallest absolute Gasteiger partial charge is 0.123 e. The normalized spacial score (nSPS) is 19.1. The van der Waals surface area contributed by atoms with E-state index >= 15 is 0 Å². The van der Waals surface area contributed by atoms with Gasteiger partial charge in [-0.15, -0.1) is 36.2 Å². The number of nitrogens with one attached hydrogen (secondary N) is 1. The van der Waals surface area contributed by atoms with Crippen LogP contribution in [0.15, 0.2) is 24.4 Å². The zero-order valence-electron chi connectivity index (χ0n) is 8.68. The van der Waals surface area contributed by atoms with Crippen LogP contribution in [0.1, 0.15) is 17.2 Å². The van der Waals surface area contributed by atoms with E-state index in [1.165, 1.54) is 21.5 Å².